The maximum Gasteiger partial charge on any atom is 0.307 e. The van der Waals surface area contributed by atoms with Crippen LogP contribution in [0.4, 0.5) is 15.9 Å². The summed E-state index contributed by atoms with van der Waals surface area (Å²) in [5.41, 5.74) is 4.48. The van der Waals surface area contributed by atoms with Crippen molar-refractivity contribution in [2.24, 2.45) is 5.92 Å². The fourth-order valence-electron chi connectivity index (χ4n) is 3.91. The number of aliphatic carboxylic acids is 1. The molecule has 0 amide bonds. The quantitative estimate of drug-likeness (QED) is 0.518. The number of H-pyrrole nitrogens is 1. The molecule has 1 atom stereocenters. The van der Waals surface area contributed by atoms with Gasteiger partial charge in [0, 0.05) is 22.8 Å². The Kier molecular flexibility index (Phi) is 3.24. The van der Waals surface area contributed by atoms with E-state index in [9.17, 15) is 14.3 Å². The van der Waals surface area contributed by atoms with Crippen LogP contribution in [0.2, 0.25) is 0 Å². The molecule has 4 aromatic rings. The Balaban J connectivity index is 1.60. The van der Waals surface area contributed by atoms with Crippen molar-refractivity contribution in [3.8, 4) is 0 Å². The van der Waals surface area contributed by atoms with Crippen LogP contribution in [0.1, 0.15) is 16.8 Å². The van der Waals surface area contributed by atoms with Crippen molar-refractivity contribution >= 4 is 33.9 Å². The zero-order chi connectivity index (χ0) is 18.7. The Hall–Kier alpha value is -3.42. The summed E-state index contributed by atoms with van der Waals surface area (Å²) in [6.45, 7) is 1.88. The van der Waals surface area contributed by atoms with Crippen LogP contribution >= 0.6 is 0 Å². The summed E-state index contributed by atoms with van der Waals surface area (Å²) in [6, 6.07) is 5.24. The van der Waals surface area contributed by atoms with Gasteiger partial charge in [0.15, 0.2) is 11.6 Å². The number of hydrogen-bond acceptors (Lipinski definition) is 4. The number of carboxylic acid groups (broad SMARTS) is 1. The number of carboxylic acids is 1. The molecule has 27 heavy (non-hydrogen) atoms. The van der Waals surface area contributed by atoms with Gasteiger partial charge < -0.3 is 15.4 Å². The largest absolute Gasteiger partial charge is 0.481 e. The van der Waals surface area contributed by atoms with Gasteiger partial charge in [-0.1, -0.05) is 0 Å². The van der Waals surface area contributed by atoms with Crippen molar-refractivity contribution in [3.63, 3.8) is 0 Å². The number of aryl methyl sites for hydroxylation is 1. The minimum absolute atomic E-state index is 0.310. The number of nitrogens with zero attached hydrogens (tertiary/aromatic N) is 3. The number of fused-ring (bicyclic) bond motifs is 4. The molecular weight excluding hydrogens is 349 g/mol. The predicted molar refractivity (Wildman–Crippen MR) is 97.8 cm³/mol. The molecule has 5 rings (SSSR count). The lowest BCUT2D eigenvalue weighted by atomic mass is 10.1. The molecule has 1 aliphatic carbocycles. The molecule has 0 saturated heterocycles. The summed E-state index contributed by atoms with van der Waals surface area (Å²) in [6.07, 6.45) is 4.11. The number of benzene rings is 1. The second-order valence-corrected chi connectivity index (χ2v) is 6.94. The van der Waals surface area contributed by atoms with Gasteiger partial charge in [0.1, 0.15) is 11.8 Å². The number of hydrogen-bond donors (Lipinski definition) is 3. The number of nitrogens with one attached hydrogen (secondary N) is 2. The van der Waals surface area contributed by atoms with E-state index in [1.165, 1.54) is 6.33 Å². The molecule has 8 heteroatoms. The van der Waals surface area contributed by atoms with E-state index in [1.54, 1.807) is 16.6 Å². The van der Waals surface area contributed by atoms with Gasteiger partial charge in [0.25, 0.3) is 0 Å². The fourth-order valence-corrected chi connectivity index (χ4v) is 3.91. The van der Waals surface area contributed by atoms with Gasteiger partial charge in [-0.15, -0.1) is 0 Å². The van der Waals surface area contributed by atoms with E-state index in [0.29, 0.717) is 35.2 Å². The summed E-state index contributed by atoms with van der Waals surface area (Å²) in [5, 5.41) is 17.1. The number of aromatic amines is 1. The first-order valence-corrected chi connectivity index (χ1v) is 8.63. The second-order valence-electron chi connectivity index (χ2n) is 6.94. The highest BCUT2D eigenvalue weighted by Crippen LogP contribution is 2.35. The van der Waals surface area contributed by atoms with Crippen LogP contribution in [0.25, 0.3) is 16.4 Å². The highest BCUT2D eigenvalue weighted by molar-refractivity contribution is 5.87. The van der Waals surface area contributed by atoms with E-state index in [1.807, 2.05) is 19.2 Å². The monoisotopic (exact) mass is 365 g/mol. The van der Waals surface area contributed by atoms with Crippen LogP contribution in [0.15, 0.2) is 30.7 Å². The first-order chi connectivity index (χ1) is 13.0. The number of halogens is 1. The summed E-state index contributed by atoms with van der Waals surface area (Å²) >= 11 is 0. The van der Waals surface area contributed by atoms with Gasteiger partial charge in [-0.2, -0.15) is 5.10 Å². The maximum absolute atomic E-state index is 14.9. The molecule has 136 valence electrons. The van der Waals surface area contributed by atoms with Crippen molar-refractivity contribution in [3.05, 3.63) is 53.4 Å². The minimum Gasteiger partial charge on any atom is -0.481 e. The maximum atomic E-state index is 14.9. The molecule has 7 nitrogen and oxygen atoms in total. The number of rotatable bonds is 3. The Labute approximate surface area is 152 Å². The lowest BCUT2D eigenvalue weighted by molar-refractivity contribution is -0.141. The Bertz CT molecular complexity index is 1230. The number of anilines is 2. The molecule has 3 N–H and O–H groups in total. The van der Waals surface area contributed by atoms with Gasteiger partial charge >= 0.3 is 5.97 Å². The topological polar surface area (TPSA) is 95.3 Å². The molecule has 1 aliphatic rings. The summed E-state index contributed by atoms with van der Waals surface area (Å²) < 4.78 is 16.6. The summed E-state index contributed by atoms with van der Waals surface area (Å²) in [4.78, 5) is 18.7. The van der Waals surface area contributed by atoms with Gasteiger partial charge in [-0.25, -0.2) is 13.9 Å². The van der Waals surface area contributed by atoms with E-state index < -0.39 is 11.9 Å². The molecule has 0 aliphatic heterocycles. The molecule has 3 aromatic heterocycles. The Morgan fingerprint density at radius 2 is 2.26 bits per heavy atom. The Morgan fingerprint density at radius 1 is 1.41 bits per heavy atom. The Morgan fingerprint density at radius 3 is 3.07 bits per heavy atom. The van der Waals surface area contributed by atoms with Crippen molar-refractivity contribution in [1.82, 2.24) is 19.6 Å². The average molecular weight is 365 g/mol. The summed E-state index contributed by atoms with van der Waals surface area (Å²) in [7, 11) is 0. The second kappa shape index (κ2) is 5.54. The van der Waals surface area contributed by atoms with Crippen molar-refractivity contribution in [1.29, 1.82) is 0 Å². The molecular formula is C19H16FN5O2. The minimum atomic E-state index is -0.810. The van der Waals surface area contributed by atoms with Gasteiger partial charge in [0.05, 0.1) is 11.6 Å². The average Bonchev–Trinajstić information content (AvgIpc) is 3.29. The van der Waals surface area contributed by atoms with Crippen LogP contribution in [-0.2, 0) is 17.6 Å². The van der Waals surface area contributed by atoms with Crippen LogP contribution in [-0.4, -0.2) is 30.7 Å². The molecule has 3 heterocycles. The molecule has 0 bridgehead atoms. The number of aromatic nitrogens is 4. The van der Waals surface area contributed by atoms with E-state index in [-0.39, 0.29) is 5.82 Å². The van der Waals surface area contributed by atoms with Crippen LogP contribution in [0.3, 0.4) is 0 Å². The molecule has 0 fully saturated rings. The lowest BCUT2D eigenvalue weighted by Crippen LogP contribution is -2.14. The highest BCUT2D eigenvalue weighted by atomic mass is 19.1. The predicted octanol–water partition coefficient (Wildman–Crippen LogP) is 3.20. The first-order valence-electron chi connectivity index (χ1n) is 8.63. The standard InChI is InChI=1S/C19H16FN5O2/c1-9-4-13-14(23-9)2-3-15(16(13)20)24-18-17-12-6-10(19(26)27)5-11(12)7-25(17)22-8-21-18/h2-4,7-8,10,23H,5-6H2,1H3,(H,26,27)(H,21,22,24). The van der Waals surface area contributed by atoms with Gasteiger partial charge in [-0.3, -0.25) is 4.79 Å². The normalized spacial score (nSPS) is 16.1. The van der Waals surface area contributed by atoms with Gasteiger partial charge in [0.2, 0.25) is 0 Å². The van der Waals surface area contributed by atoms with Crippen molar-refractivity contribution in [2.75, 3.05) is 5.32 Å². The van der Waals surface area contributed by atoms with Crippen LogP contribution in [0, 0.1) is 18.7 Å². The van der Waals surface area contributed by atoms with E-state index in [4.69, 9.17) is 0 Å². The highest BCUT2D eigenvalue weighted by Gasteiger charge is 2.31. The first kappa shape index (κ1) is 15.8. The van der Waals surface area contributed by atoms with E-state index in [0.717, 1.165) is 22.3 Å². The molecule has 1 unspecified atom stereocenters. The smallest absolute Gasteiger partial charge is 0.307 e. The SMILES string of the molecule is Cc1cc2c(F)c(Nc3ncnn4cc5c(c34)CC(C(=O)O)C5)ccc2[nH]1. The zero-order valence-electron chi connectivity index (χ0n) is 14.5. The number of carbonyl (C=O) groups is 1. The summed E-state index contributed by atoms with van der Waals surface area (Å²) in [5.74, 6) is -1.15. The molecule has 1 aromatic carbocycles. The molecule has 0 radical (unpaired) electrons. The van der Waals surface area contributed by atoms with E-state index in [2.05, 4.69) is 20.4 Å². The molecule has 0 spiro atoms. The third-order valence-corrected chi connectivity index (χ3v) is 5.16. The van der Waals surface area contributed by atoms with Crippen LogP contribution < -0.4 is 5.32 Å². The van der Waals surface area contributed by atoms with Crippen molar-refractivity contribution < 1.29 is 14.3 Å². The van der Waals surface area contributed by atoms with E-state index >= 15 is 0 Å². The third kappa shape index (κ3) is 2.37. The van der Waals surface area contributed by atoms with Crippen molar-refractivity contribution in [2.45, 2.75) is 19.8 Å². The molecule has 0 saturated carbocycles. The zero-order valence-corrected chi connectivity index (χ0v) is 14.5. The lowest BCUT2D eigenvalue weighted by Gasteiger charge is -2.10. The third-order valence-electron chi connectivity index (χ3n) is 5.16. The fraction of sp³-hybridized carbons (Fsp3) is 0.211. The van der Waals surface area contributed by atoms with Gasteiger partial charge in [-0.05, 0) is 49.1 Å². The van der Waals surface area contributed by atoms with Crippen LogP contribution in [0.5, 0.6) is 0 Å².